The summed E-state index contributed by atoms with van der Waals surface area (Å²) in [6.45, 7) is 2.28. The van der Waals surface area contributed by atoms with Crippen LogP contribution in [0.2, 0.25) is 5.02 Å². The van der Waals surface area contributed by atoms with E-state index in [4.69, 9.17) is 38.4 Å². The highest BCUT2D eigenvalue weighted by atomic mass is 35.5. The number of hydrogen-bond donors (Lipinski definition) is 1. The summed E-state index contributed by atoms with van der Waals surface area (Å²) in [6.07, 6.45) is 5.73. The van der Waals surface area contributed by atoms with Crippen LogP contribution in [-0.2, 0) is 9.47 Å². The van der Waals surface area contributed by atoms with Gasteiger partial charge >= 0.3 is 0 Å². The zero-order valence-electron chi connectivity index (χ0n) is 12.7. The van der Waals surface area contributed by atoms with Gasteiger partial charge in [-0.1, -0.05) is 23.2 Å². The van der Waals surface area contributed by atoms with Gasteiger partial charge in [-0.05, 0) is 25.5 Å². The van der Waals surface area contributed by atoms with E-state index < -0.39 is 5.72 Å². The molecule has 1 aromatic rings. The van der Waals surface area contributed by atoms with Crippen LogP contribution in [0.5, 0.6) is 0 Å². The zero-order valence-corrected chi connectivity index (χ0v) is 14.2. The Bertz CT molecular complexity index is 726. The van der Waals surface area contributed by atoms with Gasteiger partial charge in [0.25, 0.3) is 0 Å². The lowest BCUT2D eigenvalue weighted by atomic mass is 9.97. The lowest BCUT2D eigenvalue weighted by molar-refractivity contribution is 0.249. The SMILES string of the molecule is COC1=CCC(C2(N)CO2)C(Cl)=CC1=Nc1ncc(Cl)c(C)n1. The molecule has 0 saturated carbocycles. The maximum Gasteiger partial charge on any atom is 0.250 e. The van der Waals surface area contributed by atoms with Gasteiger partial charge in [-0.2, -0.15) is 0 Å². The highest BCUT2D eigenvalue weighted by Crippen LogP contribution is 2.40. The van der Waals surface area contributed by atoms with Gasteiger partial charge in [0, 0.05) is 11.0 Å². The fourth-order valence-electron chi connectivity index (χ4n) is 2.34. The van der Waals surface area contributed by atoms with E-state index in [1.807, 2.05) is 6.08 Å². The molecule has 6 nitrogen and oxygen atoms in total. The number of aryl methyl sites for hydroxylation is 1. The quantitative estimate of drug-likeness (QED) is 0.843. The number of methoxy groups -OCH3 is 1. The second-order valence-corrected chi connectivity index (χ2v) is 6.28. The summed E-state index contributed by atoms with van der Waals surface area (Å²) in [5.41, 5.74) is 6.59. The zero-order chi connectivity index (χ0) is 16.6. The Morgan fingerprint density at radius 2 is 2.22 bits per heavy atom. The van der Waals surface area contributed by atoms with E-state index in [2.05, 4.69) is 15.0 Å². The topological polar surface area (TPSA) is 85.9 Å². The van der Waals surface area contributed by atoms with Crippen LogP contribution in [0.1, 0.15) is 12.1 Å². The second kappa shape index (κ2) is 6.20. The molecular formula is C15H16Cl2N4O2. The first-order chi connectivity index (χ1) is 10.9. The van der Waals surface area contributed by atoms with E-state index in [-0.39, 0.29) is 11.9 Å². The molecule has 23 heavy (non-hydrogen) atoms. The summed E-state index contributed by atoms with van der Waals surface area (Å²) in [7, 11) is 1.57. The van der Waals surface area contributed by atoms with Crippen LogP contribution in [0.25, 0.3) is 0 Å². The summed E-state index contributed by atoms with van der Waals surface area (Å²) >= 11 is 12.4. The molecule has 122 valence electrons. The molecular weight excluding hydrogens is 339 g/mol. The minimum atomic E-state index is -0.703. The molecule has 1 aliphatic heterocycles. The molecule has 0 aromatic carbocycles. The number of nitrogens with two attached hydrogens (primary N) is 1. The minimum absolute atomic E-state index is 0.130. The van der Waals surface area contributed by atoms with Gasteiger partial charge in [0.2, 0.25) is 5.95 Å². The Hall–Kier alpha value is -1.47. The van der Waals surface area contributed by atoms with Crippen molar-refractivity contribution >= 4 is 34.9 Å². The first kappa shape index (κ1) is 16.4. The van der Waals surface area contributed by atoms with Crippen molar-refractivity contribution in [2.24, 2.45) is 16.6 Å². The molecule has 1 saturated heterocycles. The fourth-order valence-corrected chi connectivity index (χ4v) is 2.81. The third-order valence-electron chi connectivity index (χ3n) is 3.81. The molecule has 0 spiro atoms. The molecule has 0 amide bonds. The molecule has 2 aliphatic rings. The van der Waals surface area contributed by atoms with Crippen molar-refractivity contribution in [3.8, 4) is 0 Å². The molecule has 8 heteroatoms. The smallest absolute Gasteiger partial charge is 0.250 e. The lowest BCUT2D eigenvalue weighted by Crippen LogP contribution is -2.34. The number of ether oxygens (including phenoxy) is 2. The van der Waals surface area contributed by atoms with Crippen LogP contribution in [0.4, 0.5) is 5.95 Å². The third-order valence-corrected chi connectivity index (χ3v) is 4.56. The summed E-state index contributed by atoms with van der Waals surface area (Å²) < 4.78 is 10.7. The average Bonchev–Trinajstić information content (AvgIpc) is 3.26. The van der Waals surface area contributed by atoms with Crippen molar-refractivity contribution < 1.29 is 9.47 Å². The van der Waals surface area contributed by atoms with Crippen molar-refractivity contribution in [3.05, 3.63) is 39.9 Å². The van der Waals surface area contributed by atoms with Gasteiger partial charge in [-0.25, -0.2) is 15.0 Å². The van der Waals surface area contributed by atoms with Crippen molar-refractivity contribution in [2.75, 3.05) is 13.7 Å². The van der Waals surface area contributed by atoms with Crippen LogP contribution in [0.3, 0.4) is 0 Å². The van der Waals surface area contributed by atoms with Gasteiger partial charge in [-0.3, -0.25) is 0 Å². The number of nitrogens with zero attached hydrogens (tertiary/aromatic N) is 3. The number of aromatic nitrogens is 2. The van der Waals surface area contributed by atoms with Crippen molar-refractivity contribution in [1.82, 2.24) is 9.97 Å². The molecule has 3 rings (SSSR count). The lowest BCUT2D eigenvalue weighted by Gasteiger charge is -2.17. The van der Waals surface area contributed by atoms with Crippen LogP contribution >= 0.6 is 23.2 Å². The van der Waals surface area contributed by atoms with Crippen molar-refractivity contribution in [3.63, 3.8) is 0 Å². The number of rotatable bonds is 3. The van der Waals surface area contributed by atoms with Gasteiger partial charge in [0.1, 0.15) is 17.2 Å². The Labute approximate surface area is 144 Å². The Morgan fingerprint density at radius 1 is 1.48 bits per heavy atom. The number of hydrogen-bond acceptors (Lipinski definition) is 6. The summed E-state index contributed by atoms with van der Waals surface area (Å²) in [5.74, 6) is 0.746. The number of aliphatic imine (C=N–C) groups is 1. The Kier molecular flexibility index (Phi) is 4.42. The molecule has 0 radical (unpaired) electrons. The monoisotopic (exact) mass is 354 g/mol. The Balaban J connectivity index is 1.99. The van der Waals surface area contributed by atoms with E-state index in [1.165, 1.54) is 6.20 Å². The van der Waals surface area contributed by atoms with Gasteiger partial charge in [0.05, 0.1) is 30.6 Å². The average molecular weight is 355 g/mol. The molecule has 1 aliphatic carbocycles. The number of halogens is 2. The van der Waals surface area contributed by atoms with Gasteiger partial charge < -0.3 is 15.2 Å². The first-order valence-electron chi connectivity index (χ1n) is 7.05. The van der Waals surface area contributed by atoms with E-state index in [0.29, 0.717) is 40.2 Å². The fraction of sp³-hybridized carbons (Fsp3) is 0.400. The molecule has 0 bridgehead atoms. The van der Waals surface area contributed by atoms with Crippen LogP contribution in [0, 0.1) is 12.8 Å². The largest absolute Gasteiger partial charge is 0.495 e. The maximum absolute atomic E-state index is 6.42. The van der Waals surface area contributed by atoms with Gasteiger partial charge in [0.15, 0.2) is 0 Å². The van der Waals surface area contributed by atoms with Crippen molar-refractivity contribution in [2.45, 2.75) is 19.1 Å². The molecule has 2 heterocycles. The summed E-state index contributed by atoms with van der Waals surface area (Å²) in [6, 6.07) is 0. The van der Waals surface area contributed by atoms with Crippen molar-refractivity contribution in [1.29, 1.82) is 0 Å². The summed E-state index contributed by atoms with van der Waals surface area (Å²) in [5, 5.41) is 1.06. The maximum atomic E-state index is 6.42. The van der Waals surface area contributed by atoms with E-state index >= 15 is 0 Å². The molecule has 2 atom stereocenters. The number of epoxide rings is 1. The van der Waals surface area contributed by atoms with E-state index in [9.17, 15) is 0 Å². The first-order valence-corrected chi connectivity index (χ1v) is 7.81. The standard InChI is InChI=1S/C15H16Cl2N4O2/c1-8-11(17)6-19-14(20-8)21-12-5-10(16)9(15(18)7-23-15)3-4-13(12)22-2/h4-6,9H,3,7,18H2,1-2H3. The summed E-state index contributed by atoms with van der Waals surface area (Å²) in [4.78, 5) is 12.8. The number of allylic oxidation sites excluding steroid dienone is 2. The molecule has 2 unspecified atom stereocenters. The van der Waals surface area contributed by atoms with Gasteiger partial charge in [-0.15, -0.1) is 0 Å². The predicted molar refractivity (Wildman–Crippen MR) is 88.9 cm³/mol. The molecule has 2 N–H and O–H groups in total. The normalized spacial score (nSPS) is 28.9. The van der Waals surface area contributed by atoms with E-state index in [1.54, 1.807) is 20.1 Å². The van der Waals surface area contributed by atoms with Crippen LogP contribution in [-0.4, -0.2) is 35.1 Å². The second-order valence-electron chi connectivity index (χ2n) is 5.43. The Morgan fingerprint density at radius 3 is 2.83 bits per heavy atom. The molecule has 1 aromatic heterocycles. The third kappa shape index (κ3) is 3.40. The highest BCUT2D eigenvalue weighted by molar-refractivity contribution is 6.32. The highest BCUT2D eigenvalue weighted by Gasteiger charge is 2.49. The predicted octanol–water partition coefficient (Wildman–Crippen LogP) is 2.87. The van der Waals surface area contributed by atoms with Crippen LogP contribution < -0.4 is 5.73 Å². The van der Waals surface area contributed by atoms with E-state index in [0.717, 1.165) is 0 Å². The minimum Gasteiger partial charge on any atom is -0.495 e. The van der Waals surface area contributed by atoms with Crippen LogP contribution in [0.15, 0.2) is 34.1 Å². The molecule has 1 fully saturated rings.